The number of aromatic hydroxyl groups is 1. The van der Waals surface area contributed by atoms with E-state index in [1.165, 1.54) is 6.07 Å². The molecule has 1 aromatic heterocycles. The fourth-order valence-electron chi connectivity index (χ4n) is 4.60. The van der Waals surface area contributed by atoms with Crippen molar-refractivity contribution in [2.45, 2.75) is 32.4 Å². The summed E-state index contributed by atoms with van der Waals surface area (Å²) in [7, 11) is 0. The molecule has 1 aliphatic heterocycles. The Labute approximate surface area is 204 Å². The zero-order chi connectivity index (χ0) is 24.2. The van der Waals surface area contributed by atoms with Crippen molar-refractivity contribution in [1.82, 2.24) is 14.9 Å². The summed E-state index contributed by atoms with van der Waals surface area (Å²) >= 11 is 0. The largest absolute Gasteiger partial charge is 0.504 e. The summed E-state index contributed by atoms with van der Waals surface area (Å²) in [6.07, 6.45) is 1.89. The molecule has 180 valence electrons. The highest BCUT2D eigenvalue weighted by Crippen LogP contribution is 2.30. The maximum absolute atomic E-state index is 14.6. The first-order chi connectivity index (χ1) is 17.1. The van der Waals surface area contributed by atoms with E-state index in [0.717, 1.165) is 48.9 Å². The Balaban J connectivity index is 1.28. The average Bonchev–Trinajstić information content (AvgIpc) is 2.87. The van der Waals surface area contributed by atoms with E-state index in [2.05, 4.69) is 10.2 Å². The Morgan fingerprint density at radius 2 is 1.80 bits per heavy atom. The maximum atomic E-state index is 14.6. The highest BCUT2D eigenvalue weighted by molar-refractivity contribution is 5.93. The highest BCUT2D eigenvalue weighted by atomic mass is 19.1. The van der Waals surface area contributed by atoms with Crippen molar-refractivity contribution in [2.24, 2.45) is 0 Å². The molecule has 1 aliphatic rings. The summed E-state index contributed by atoms with van der Waals surface area (Å²) in [5.74, 6) is 0.932. The van der Waals surface area contributed by atoms with Crippen LogP contribution in [0.5, 0.6) is 11.5 Å². The minimum atomic E-state index is -0.294. The summed E-state index contributed by atoms with van der Waals surface area (Å²) in [4.78, 5) is 11.8. The van der Waals surface area contributed by atoms with Crippen molar-refractivity contribution in [1.29, 1.82) is 0 Å². The average molecular weight is 473 g/mol. The van der Waals surface area contributed by atoms with Gasteiger partial charge in [-0.25, -0.2) is 14.4 Å². The number of nitrogens with one attached hydrogen (secondary N) is 1. The molecule has 0 atom stereocenters. The first-order valence-corrected chi connectivity index (χ1v) is 12.1. The van der Waals surface area contributed by atoms with E-state index in [-0.39, 0.29) is 17.6 Å². The van der Waals surface area contributed by atoms with Crippen LogP contribution in [0.2, 0.25) is 0 Å². The Morgan fingerprint density at radius 3 is 2.60 bits per heavy atom. The Kier molecular flexibility index (Phi) is 6.77. The quantitative estimate of drug-likeness (QED) is 0.364. The number of rotatable bonds is 7. The van der Waals surface area contributed by atoms with E-state index < -0.39 is 0 Å². The molecule has 2 N–H and O–H groups in total. The van der Waals surface area contributed by atoms with Crippen LogP contribution in [0.25, 0.3) is 22.2 Å². The molecule has 0 bridgehead atoms. The number of hydrogen-bond donors (Lipinski definition) is 2. The van der Waals surface area contributed by atoms with Crippen LogP contribution in [0, 0.1) is 5.82 Å². The van der Waals surface area contributed by atoms with Crippen LogP contribution in [-0.2, 0) is 6.54 Å². The van der Waals surface area contributed by atoms with E-state index in [1.807, 2.05) is 49.4 Å². The Morgan fingerprint density at radius 1 is 1.03 bits per heavy atom. The van der Waals surface area contributed by atoms with Gasteiger partial charge in [-0.05, 0) is 55.7 Å². The van der Waals surface area contributed by atoms with E-state index >= 15 is 0 Å². The lowest BCUT2D eigenvalue weighted by molar-refractivity contribution is 0.210. The van der Waals surface area contributed by atoms with Gasteiger partial charge in [-0.2, -0.15) is 0 Å². The Hall–Kier alpha value is -3.71. The molecule has 2 heterocycles. The van der Waals surface area contributed by atoms with E-state index in [9.17, 15) is 9.50 Å². The molecule has 6 nitrogen and oxygen atoms in total. The summed E-state index contributed by atoms with van der Waals surface area (Å²) in [6, 6.07) is 20.2. The monoisotopic (exact) mass is 472 g/mol. The van der Waals surface area contributed by atoms with Gasteiger partial charge in [-0.15, -0.1) is 0 Å². The number of halogens is 1. The second-order valence-corrected chi connectivity index (χ2v) is 8.82. The molecule has 0 amide bonds. The third kappa shape index (κ3) is 5.20. The van der Waals surface area contributed by atoms with Crippen LogP contribution in [0.1, 0.15) is 25.3 Å². The molecule has 0 unspecified atom stereocenters. The SMILES string of the molecule is CCOc1cc(CN2CCC(Nc3nc(-c4ccccc4F)c4ccccc4n3)CC2)ccc1O. The van der Waals surface area contributed by atoms with E-state index in [0.29, 0.717) is 29.6 Å². The van der Waals surface area contributed by atoms with E-state index in [4.69, 9.17) is 14.7 Å². The summed E-state index contributed by atoms with van der Waals surface area (Å²) in [5.41, 5.74) is 2.98. The molecule has 5 rings (SSSR count). The molecule has 3 aromatic carbocycles. The molecule has 0 radical (unpaired) electrons. The van der Waals surface area contributed by atoms with Crippen LogP contribution in [0.4, 0.5) is 10.3 Å². The van der Waals surface area contributed by atoms with Crippen molar-refractivity contribution in [3.63, 3.8) is 0 Å². The molecule has 1 saturated heterocycles. The second-order valence-electron chi connectivity index (χ2n) is 8.82. The molecule has 0 spiro atoms. The minimum Gasteiger partial charge on any atom is -0.504 e. The van der Waals surface area contributed by atoms with Gasteiger partial charge in [0, 0.05) is 36.6 Å². The number of benzene rings is 3. The van der Waals surface area contributed by atoms with Crippen LogP contribution in [-0.4, -0.2) is 45.7 Å². The number of phenolic OH excluding ortho intramolecular Hbond substituents is 1. The van der Waals surface area contributed by atoms with Gasteiger partial charge in [0.05, 0.1) is 17.8 Å². The van der Waals surface area contributed by atoms with Gasteiger partial charge >= 0.3 is 0 Å². The molecular weight excluding hydrogens is 443 g/mol. The fraction of sp³-hybridized carbons (Fsp3) is 0.286. The lowest BCUT2D eigenvalue weighted by Gasteiger charge is -2.32. The number of phenols is 1. The minimum absolute atomic E-state index is 0.170. The third-order valence-electron chi connectivity index (χ3n) is 6.38. The van der Waals surface area contributed by atoms with Crippen molar-refractivity contribution in [2.75, 3.05) is 25.0 Å². The molecule has 7 heteroatoms. The van der Waals surface area contributed by atoms with Gasteiger partial charge in [0.15, 0.2) is 11.5 Å². The molecule has 1 fully saturated rings. The number of nitrogens with zero attached hydrogens (tertiary/aromatic N) is 3. The third-order valence-corrected chi connectivity index (χ3v) is 6.38. The number of hydrogen-bond acceptors (Lipinski definition) is 6. The van der Waals surface area contributed by atoms with Gasteiger partial charge in [-0.3, -0.25) is 4.90 Å². The first kappa shape index (κ1) is 23.1. The van der Waals surface area contributed by atoms with Crippen molar-refractivity contribution in [3.05, 3.63) is 78.1 Å². The topological polar surface area (TPSA) is 70.5 Å². The summed E-state index contributed by atoms with van der Waals surface area (Å²) in [6.45, 7) is 5.08. The second kappa shape index (κ2) is 10.3. The fourth-order valence-corrected chi connectivity index (χ4v) is 4.60. The van der Waals surface area contributed by atoms with Crippen LogP contribution >= 0.6 is 0 Å². The lowest BCUT2D eigenvalue weighted by atomic mass is 10.0. The molecule has 0 aliphatic carbocycles. The zero-order valence-corrected chi connectivity index (χ0v) is 19.7. The predicted octanol–water partition coefficient (Wildman–Crippen LogP) is 5.62. The lowest BCUT2D eigenvalue weighted by Crippen LogP contribution is -2.39. The van der Waals surface area contributed by atoms with Crippen molar-refractivity contribution in [3.8, 4) is 22.8 Å². The van der Waals surface area contributed by atoms with Crippen molar-refractivity contribution < 1.29 is 14.2 Å². The number of aromatic nitrogens is 2. The number of fused-ring (bicyclic) bond motifs is 1. The predicted molar refractivity (Wildman–Crippen MR) is 136 cm³/mol. The summed E-state index contributed by atoms with van der Waals surface area (Å²) in [5, 5.41) is 14.3. The molecule has 35 heavy (non-hydrogen) atoms. The number of likely N-dealkylation sites (tertiary alicyclic amines) is 1. The summed E-state index contributed by atoms with van der Waals surface area (Å²) < 4.78 is 20.1. The number of anilines is 1. The maximum Gasteiger partial charge on any atom is 0.224 e. The smallest absolute Gasteiger partial charge is 0.224 e. The van der Waals surface area contributed by atoms with Crippen LogP contribution in [0.15, 0.2) is 66.7 Å². The molecule has 4 aromatic rings. The number of ether oxygens (including phenoxy) is 1. The number of para-hydroxylation sites is 1. The Bertz CT molecular complexity index is 1320. The standard InChI is InChI=1S/C28H29FN4O2/c1-2-35-26-17-19(11-12-25(26)34)18-33-15-13-20(14-16-33)30-28-31-24-10-6-4-8-22(24)27(32-28)21-7-3-5-9-23(21)29/h3-12,17,20,34H,2,13-16,18H2,1H3,(H,30,31,32). The zero-order valence-electron chi connectivity index (χ0n) is 19.7. The highest BCUT2D eigenvalue weighted by Gasteiger charge is 2.21. The van der Waals surface area contributed by atoms with Gasteiger partial charge in [0.2, 0.25) is 5.95 Å². The van der Waals surface area contributed by atoms with Gasteiger partial charge in [0.25, 0.3) is 0 Å². The van der Waals surface area contributed by atoms with Crippen molar-refractivity contribution >= 4 is 16.9 Å². The molecule has 0 saturated carbocycles. The van der Waals surface area contributed by atoms with Crippen LogP contribution in [0.3, 0.4) is 0 Å². The van der Waals surface area contributed by atoms with Gasteiger partial charge in [-0.1, -0.05) is 36.4 Å². The number of piperidine rings is 1. The van der Waals surface area contributed by atoms with E-state index in [1.54, 1.807) is 18.2 Å². The molecular formula is C28H29FN4O2. The normalized spacial score (nSPS) is 14.8. The first-order valence-electron chi connectivity index (χ1n) is 12.1. The van der Waals surface area contributed by atoms with Crippen LogP contribution < -0.4 is 10.1 Å². The van der Waals surface area contributed by atoms with Gasteiger partial charge in [0.1, 0.15) is 5.82 Å². The van der Waals surface area contributed by atoms with Gasteiger partial charge < -0.3 is 15.2 Å².